The zero-order valence-corrected chi connectivity index (χ0v) is 12.3. The molecule has 1 aromatic carbocycles. The van der Waals surface area contributed by atoms with E-state index in [2.05, 4.69) is 11.8 Å². The molecule has 2 N–H and O–H groups in total. The van der Waals surface area contributed by atoms with Crippen LogP contribution in [0.25, 0.3) is 0 Å². The van der Waals surface area contributed by atoms with Crippen molar-refractivity contribution in [1.29, 1.82) is 0 Å². The van der Waals surface area contributed by atoms with Crippen molar-refractivity contribution >= 4 is 11.4 Å². The van der Waals surface area contributed by atoms with Crippen LogP contribution in [0.1, 0.15) is 24.7 Å². The second kappa shape index (κ2) is 6.37. The number of nitrogens with zero attached hydrogens (tertiary/aromatic N) is 1. The van der Waals surface area contributed by atoms with E-state index in [1.165, 1.54) is 5.56 Å². The number of benzene rings is 1. The Morgan fingerprint density at radius 3 is 2.75 bits per heavy atom. The second-order valence-corrected chi connectivity index (χ2v) is 4.93. The number of rotatable bonds is 6. The lowest BCUT2D eigenvalue weighted by atomic mass is 10.2. The van der Waals surface area contributed by atoms with Crippen LogP contribution in [0.2, 0.25) is 0 Å². The van der Waals surface area contributed by atoms with Gasteiger partial charge in [-0.1, -0.05) is 6.92 Å². The van der Waals surface area contributed by atoms with Gasteiger partial charge in [0.05, 0.1) is 18.6 Å². The lowest BCUT2D eigenvalue weighted by Gasteiger charge is -2.20. The molecule has 0 aliphatic carbocycles. The first kappa shape index (κ1) is 14.3. The Bertz CT molecular complexity index is 563. The third-order valence-electron chi connectivity index (χ3n) is 3.27. The number of furan rings is 1. The van der Waals surface area contributed by atoms with Gasteiger partial charge in [-0.2, -0.15) is 0 Å². The van der Waals surface area contributed by atoms with E-state index in [9.17, 15) is 0 Å². The van der Waals surface area contributed by atoms with Gasteiger partial charge in [0, 0.05) is 30.9 Å². The highest BCUT2D eigenvalue weighted by Gasteiger charge is 2.09. The SMILES string of the molecule is CCCOc1cc(N(C)Cc2ccoc2C)ccc1N. The molecule has 0 fully saturated rings. The molecule has 108 valence electrons. The van der Waals surface area contributed by atoms with Gasteiger partial charge in [-0.05, 0) is 31.5 Å². The number of nitrogen functional groups attached to an aromatic ring is 1. The molecule has 1 heterocycles. The lowest BCUT2D eigenvalue weighted by molar-refractivity contribution is 0.319. The lowest BCUT2D eigenvalue weighted by Crippen LogP contribution is -2.16. The summed E-state index contributed by atoms with van der Waals surface area (Å²) in [6, 6.07) is 7.88. The Morgan fingerprint density at radius 2 is 2.10 bits per heavy atom. The monoisotopic (exact) mass is 274 g/mol. The molecule has 2 aromatic rings. The van der Waals surface area contributed by atoms with Crippen molar-refractivity contribution in [2.45, 2.75) is 26.8 Å². The minimum atomic E-state index is 0.676. The zero-order valence-electron chi connectivity index (χ0n) is 12.3. The molecule has 0 amide bonds. The fourth-order valence-corrected chi connectivity index (χ4v) is 2.02. The Morgan fingerprint density at radius 1 is 1.30 bits per heavy atom. The van der Waals surface area contributed by atoms with Gasteiger partial charge in [0.25, 0.3) is 0 Å². The van der Waals surface area contributed by atoms with E-state index in [0.717, 1.165) is 30.2 Å². The number of aryl methyl sites for hydroxylation is 1. The van der Waals surface area contributed by atoms with Crippen molar-refractivity contribution in [2.24, 2.45) is 0 Å². The van der Waals surface area contributed by atoms with Crippen LogP contribution >= 0.6 is 0 Å². The summed E-state index contributed by atoms with van der Waals surface area (Å²) in [5.41, 5.74) is 8.86. The van der Waals surface area contributed by atoms with Crippen LogP contribution in [0, 0.1) is 6.92 Å². The molecule has 0 unspecified atom stereocenters. The van der Waals surface area contributed by atoms with E-state index in [-0.39, 0.29) is 0 Å². The maximum absolute atomic E-state index is 5.93. The van der Waals surface area contributed by atoms with Crippen LogP contribution in [0.3, 0.4) is 0 Å². The molecule has 0 radical (unpaired) electrons. The summed E-state index contributed by atoms with van der Waals surface area (Å²) < 4.78 is 11.0. The van der Waals surface area contributed by atoms with Crippen molar-refractivity contribution in [1.82, 2.24) is 0 Å². The van der Waals surface area contributed by atoms with Crippen LogP contribution < -0.4 is 15.4 Å². The Balaban J connectivity index is 2.13. The largest absolute Gasteiger partial charge is 0.491 e. The quantitative estimate of drug-likeness (QED) is 0.818. The number of hydrogen-bond donors (Lipinski definition) is 1. The van der Waals surface area contributed by atoms with E-state index < -0.39 is 0 Å². The van der Waals surface area contributed by atoms with E-state index in [0.29, 0.717) is 12.3 Å². The Hall–Kier alpha value is -2.10. The molecular formula is C16H22N2O2. The molecule has 0 saturated heterocycles. The third-order valence-corrected chi connectivity index (χ3v) is 3.27. The van der Waals surface area contributed by atoms with Gasteiger partial charge in [0.15, 0.2) is 0 Å². The predicted molar refractivity (Wildman–Crippen MR) is 82.2 cm³/mol. The minimum Gasteiger partial charge on any atom is -0.491 e. The van der Waals surface area contributed by atoms with Crippen molar-refractivity contribution in [3.8, 4) is 5.75 Å². The first-order chi connectivity index (χ1) is 9.61. The molecule has 4 heteroatoms. The third kappa shape index (κ3) is 3.26. The van der Waals surface area contributed by atoms with Crippen LogP contribution in [-0.2, 0) is 6.54 Å². The minimum absolute atomic E-state index is 0.676. The van der Waals surface area contributed by atoms with Crippen molar-refractivity contribution < 1.29 is 9.15 Å². The summed E-state index contributed by atoms with van der Waals surface area (Å²) in [4.78, 5) is 2.15. The molecule has 20 heavy (non-hydrogen) atoms. The summed E-state index contributed by atoms with van der Waals surface area (Å²) in [5.74, 6) is 1.70. The Kier molecular flexibility index (Phi) is 4.56. The van der Waals surface area contributed by atoms with Gasteiger partial charge in [-0.3, -0.25) is 0 Å². The second-order valence-electron chi connectivity index (χ2n) is 4.93. The summed E-state index contributed by atoms with van der Waals surface area (Å²) in [5, 5.41) is 0. The molecule has 0 bridgehead atoms. The molecule has 0 aliphatic heterocycles. The summed E-state index contributed by atoms with van der Waals surface area (Å²) in [7, 11) is 2.04. The molecule has 1 aromatic heterocycles. The topological polar surface area (TPSA) is 51.6 Å². The van der Waals surface area contributed by atoms with E-state index in [1.54, 1.807) is 6.26 Å². The maximum Gasteiger partial charge on any atom is 0.144 e. The van der Waals surface area contributed by atoms with Crippen LogP contribution in [0.4, 0.5) is 11.4 Å². The highest BCUT2D eigenvalue weighted by molar-refractivity contribution is 5.62. The molecule has 0 atom stereocenters. The Labute approximate surface area is 120 Å². The van der Waals surface area contributed by atoms with Crippen molar-refractivity contribution in [2.75, 3.05) is 24.3 Å². The fraction of sp³-hybridized carbons (Fsp3) is 0.375. The first-order valence-electron chi connectivity index (χ1n) is 6.88. The smallest absolute Gasteiger partial charge is 0.144 e. The molecule has 2 rings (SSSR count). The predicted octanol–water partition coefficient (Wildman–Crippen LogP) is 3.60. The van der Waals surface area contributed by atoms with Gasteiger partial charge in [-0.15, -0.1) is 0 Å². The number of nitrogens with two attached hydrogens (primary N) is 1. The first-order valence-corrected chi connectivity index (χ1v) is 6.88. The summed E-state index contributed by atoms with van der Waals surface area (Å²) >= 11 is 0. The average molecular weight is 274 g/mol. The standard InChI is InChI=1S/C16H22N2O2/c1-4-8-20-16-10-14(5-6-15(16)17)18(3)11-13-7-9-19-12(13)2/h5-7,9-10H,4,8,11,17H2,1-3H3. The van der Waals surface area contributed by atoms with Gasteiger partial charge in [0.2, 0.25) is 0 Å². The van der Waals surface area contributed by atoms with E-state index in [4.69, 9.17) is 14.9 Å². The van der Waals surface area contributed by atoms with E-state index >= 15 is 0 Å². The van der Waals surface area contributed by atoms with Crippen molar-refractivity contribution in [3.63, 3.8) is 0 Å². The van der Waals surface area contributed by atoms with Crippen molar-refractivity contribution in [3.05, 3.63) is 41.9 Å². The fourth-order valence-electron chi connectivity index (χ4n) is 2.02. The van der Waals surface area contributed by atoms with E-state index in [1.807, 2.05) is 38.2 Å². The van der Waals surface area contributed by atoms with Gasteiger partial charge in [0.1, 0.15) is 11.5 Å². The number of ether oxygens (including phenoxy) is 1. The molecule has 0 aliphatic rings. The highest BCUT2D eigenvalue weighted by atomic mass is 16.5. The molecular weight excluding hydrogens is 252 g/mol. The highest BCUT2D eigenvalue weighted by Crippen LogP contribution is 2.28. The normalized spacial score (nSPS) is 10.6. The van der Waals surface area contributed by atoms with Crippen LogP contribution in [-0.4, -0.2) is 13.7 Å². The summed E-state index contributed by atoms with van der Waals surface area (Å²) in [6.45, 7) is 5.52. The summed E-state index contributed by atoms with van der Waals surface area (Å²) in [6.07, 6.45) is 2.69. The van der Waals surface area contributed by atoms with Gasteiger partial charge >= 0.3 is 0 Å². The number of anilines is 2. The van der Waals surface area contributed by atoms with Gasteiger partial charge < -0.3 is 19.8 Å². The average Bonchev–Trinajstić information content (AvgIpc) is 2.83. The number of hydrogen-bond acceptors (Lipinski definition) is 4. The maximum atomic E-state index is 5.93. The molecule has 0 spiro atoms. The van der Waals surface area contributed by atoms with Gasteiger partial charge in [-0.25, -0.2) is 0 Å². The zero-order chi connectivity index (χ0) is 14.5. The molecule has 0 saturated carbocycles. The van der Waals surface area contributed by atoms with Crippen LogP contribution in [0.15, 0.2) is 34.9 Å². The molecule has 4 nitrogen and oxygen atoms in total. The van der Waals surface area contributed by atoms with Crippen LogP contribution in [0.5, 0.6) is 5.75 Å².